The Morgan fingerprint density at radius 3 is 2.57 bits per heavy atom. The van der Waals surface area contributed by atoms with Crippen molar-refractivity contribution in [2.45, 2.75) is 44.8 Å². The molecule has 1 N–H and O–H groups in total. The summed E-state index contributed by atoms with van der Waals surface area (Å²) in [5, 5.41) is 4.03. The lowest BCUT2D eigenvalue weighted by Gasteiger charge is -2.13. The van der Waals surface area contributed by atoms with Gasteiger partial charge in [-0.15, -0.1) is 0 Å². The number of carbonyl (C=O) groups excluding carboxylic acids is 1. The highest BCUT2D eigenvalue weighted by atomic mass is 16.2. The van der Waals surface area contributed by atoms with Crippen LogP contribution < -0.4 is 10.9 Å². The average molecular weight is 400 g/mol. The van der Waals surface area contributed by atoms with Crippen molar-refractivity contribution in [3.8, 4) is 0 Å². The van der Waals surface area contributed by atoms with Gasteiger partial charge in [-0.3, -0.25) is 14.2 Å². The van der Waals surface area contributed by atoms with Crippen molar-refractivity contribution in [2.24, 2.45) is 0 Å². The minimum atomic E-state index is -0.131. The van der Waals surface area contributed by atoms with Crippen molar-refractivity contribution in [1.82, 2.24) is 19.4 Å². The molecule has 6 nitrogen and oxygen atoms in total. The lowest BCUT2D eigenvalue weighted by atomic mass is 10.2. The van der Waals surface area contributed by atoms with Crippen LogP contribution in [0.25, 0.3) is 21.9 Å². The standard InChI is InChI=1S/C24H24N4O2/c29-21(26-18-10-4-5-11-18)15-28-20-13-7-6-12-19(20)22-23(28)24(30)27(16-25-22)14-17-8-2-1-3-9-17/h1-3,6-9,12-13,16,18H,4-5,10-11,14-15H2,(H,26,29). The van der Waals surface area contributed by atoms with E-state index in [0.29, 0.717) is 17.6 Å². The molecule has 0 aliphatic heterocycles. The van der Waals surface area contributed by atoms with E-state index in [2.05, 4.69) is 10.3 Å². The number of carbonyl (C=O) groups is 1. The van der Waals surface area contributed by atoms with Crippen LogP contribution in [0.4, 0.5) is 0 Å². The van der Waals surface area contributed by atoms with Crippen LogP contribution >= 0.6 is 0 Å². The van der Waals surface area contributed by atoms with Crippen LogP contribution in [-0.4, -0.2) is 26.1 Å². The molecule has 0 atom stereocenters. The fraction of sp³-hybridized carbons (Fsp3) is 0.292. The molecule has 0 spiro atoms. The third-order valence-corrected chi connectivity index (χ3v) is 5.95. The van der Waals surface area contributed by atoms with E-state index in [9.17, 15) is 9.59 Å². The molecule has 1 fully saturated rings. The van der Waals surface area contributed by atoms with Crippen molar-refractivity contribution in [1.29, 1.82) is 0 Å². The molecule has 1 aliphatic carbocycles. The molecule has 0 saturated heterocycles. The largest absolute Gasteiger partial charge is 0.352 e. The molecule has 5 rings (SSSR count). The van der Waals surface area contributed by atoms with Gasteiger partial charge in [0.05, 0.1) is 18.4 Å². The van der Waals surface area contributed by atoms with Crippen LogP contribution in [-0.2, 0) is 17.9 Å². The second kappa shape index (κ2) is 7.78. The molecule has 2 aromatic heterocycles. The van der Waals surface area contributed by atoms with Crippen LogP contribution in [0.3, 0.4) is 0 Å². The molecule has 0 bridgehead atoms. The topological polar surface area (TPSA) is 68.9 Å². The molecule has 2 heterocycles. The predicted octanol–water partition coefficient (Wildman–Crippen LogP) is 3.46. The summed E-state index contributed by atoms with van der Waals surface area (Å²) in [4.78, 5) is 30.8. The Kier molecular flexibility index (Phi) is 4.83. The van der Waals surface area contributed by atoms with Gasteiger partial charge in [0.25, 0.3) is 5.56 Å². The van der Waals surface area contributed by atoms with Crippen molar-refractivity contribution in [2.75, 3.05) is 0 Å². The SMILES string of the molecule is O=C(Cn1c2ccccc2c2ncn(Cc3ccccc3)c(=O)c21)NC1CCCC1. The summed E-state index contributed by atoms with van der Waals surface area (Å²) < 4.78 is 3.44. The summed E-state index contributed by atoms with van der Waals surface area (Å²) in [6, 6.07) is 17.8. The number of amides is 1. The van der Waals surface area contributed by atoms with Crippen molar-refractivity contribution < 1.29 is 4.79 Å². The molecule has 4 aromatic rings. The minimum absolute atomic E-state index is 0.0533. The Bertz CT molecular complexity index is 1270. The van der Waals surface area contributed by atoms with Gasteiger partial charge in [-0.1, -0.05) is 61.4 Å². The highest BCUT2D eigenvalue weighted by molar-refractivity contribution is 6.06. The summed E-state index contributed by atoms with van der Waals surface area (Å²) in [6.45, 7) is 0.561. The van der Waals surface area contributed by atoms with Gasteiger partial charge in [0.15, 0.2) is 0 Å². The predicted molar refractivity (Wildman–Crippen MR) is 117 cm³/mol. The summed E-state index contributed by atoms with van der Waals surface area (Å²) in [7, 11) is 0. The van der Waals surface area contributed by atoms with E-state index in [0.717, 1.165) is 42.1 Å². The maximum atomic E-state index is 13.4. The summed E-state index contributed by atoms with van der Waals surface area (Å²) in [6.07, 6.45) is 5.99. The first kappa shape index (κ1) is 18.6. The monoisotopic (exact) mass is 400 g/mol. The second-order valence-electron chi connectivity index (χ2n) is 8.01. The third kappa shape index (κ3) is 3.38. The Morgan fingerprint density at radius 2 is 1.77 bits per heavy atom. The van der Waals surface area contributed by atoms with Gasteiger partial charge in [-0.05, 0) is 24.5 Å². The maximum Gasteiger partial charge on any atom is 0.278 e. The van der Waals surface area contributed by atoms with Gasteiger partial charge in [-0.25, -0.2) is 4.98 Å². The number of hydrogen-bond donors (Lipinski definition) is 1. The zero-order valence-electron chi connectivity index (χ0n) is 16.8. The third-order valence-electron chi connectivity index (χ3n) is 5.95. The van der Waals surface area contributed by atoms with E-state index in [-0.39, 0.29) is 24.1 Å². The van der Waals surface area contributed by atoms with Crippen molar-refractivity contribution >= 4 is 27.8 Å². The molecule has 0 unspecified atom stereocenters. The smallest absolute Gasteiger partial charge is 0.278 e. The lowest BCUT2D eigenvalue weighted by Crippen LogP contribution is -2.35. The zero-order chi connectivity index (χ0) is 20.5. The van der Waals surface area contributed by atoms with E-state index in [1.165, 1.54) is 0 Å². The van der Waals surface area contributed by atoms with Crippen LogP contribution in [0.2, 0.25) is 0 Å². The van der Waals surface area contributed by atoms with Crippen LogP contribution in [0, 0.1) is 0 Å². The number of nitrogens with zero attached hydrogens (tertiary/aromatic N) is 3. The Morgan fingerprint density at radius 1 is 1.03 bits per heavy atom. The fourth-order valence-electron chi connectivity index (χ4n) is 4.49. The molecule has 1 amide bonds. The fourth-order valence-corrected chi connectivity index (χ4v) is 4.49. The van der Waals surface area contributed by atoms with Gasteiger partial charge < -0.3 is 9.88 Å². The van der Waals surface area contributed by atoms with Crippen molar-refractivity contribution in [3.05, 3.63) is 76.8 Å². The number of para-hydroxylation sites is 1. The van der Waals surface area contributed by atoms with Gasteiger partial charge in [0.1, 0.15) is 17.6 Å². The molecule has 1 aliphatic rings. The highest BCUT2D eigenvalue weighted by Crippen LogP contribution is 2.25. The first-order valence-electron chi connectivity index (χ1n) is 10.5. The molecule has 152 valence electrons. The number of aromatic nitrogens is 3. The van der Waals surface area contributed by atoms with E-state index < -0.39 is 0 Å². The Hall–Kier alpha value is -3.41. The maximum absolute atomic E-state index is 13.4. The van der Waals surface area contributed by atoms with E-state index >= 15 is 0 Å². The molecular formula is C24H24N4O2. The summed E-state index contributed by atoms with van der Waals surface area (Å²) in [5.41, 5.74) is 2.89. The normalized spacial score (nSPS) is 14.5. The minimum Gasteiger partial charge on any atom is -0.352 e. The molecule has 30 heavy (non-hydrogen) atoms. The number of benzene rings is 2. The average Bonchev–Trinajstić information content (AvgIpc) is 3.38. The number of hydrogen-bond acceptors (Lipinski definition) is 3. The Balaban J connectivity index is 1.58. The van der Waals surface area contributed by atoms with Gasteiger partial charge in [0, 0.05) is 11.4 Å². The highest BCUT2D eigenvalue weighted by Gasteiger charge is 2.21. The van der Waals surface area contributed by atoms with Gasteiger partial charge in [-0.2, -0.15) is 0 Å². The van der Waals surface area contributed by atoms with E-state index in [1.54, 1.807) is 10.9 Å². The second-order valence-corrected chi connectivity index (χ2v) is 8.01. The first-order chi connectivity index (χ1) is 14.7. The first-order valence-corrected chi connectivity index (χ1v) is 10.5. The van der Waals surface area contributed by atoms with E-state index in [4.69, 9.17) is 0 Å². The Labute approximate surface area is 174 Å². The van der Waals surface area contributed by atoms with Crippen LogP contribution in [0.5, 0.6) is 0 Å². The molecule has 2 aromatic carbocycles. The molecular weight excluding hydrogens is 376 g/mol. The number of rotatable bonds is 5. The molecule has 1 saturated carbocycles. The van der Waals surface area contributed by atoms with Crippen LogP contribution in [0.1, 0.15) is 31.2 Å². The number of nitrogens with one attached hydrogen (secondary N) is 1. The zero-order valence-corrected chi connectivity index (χ0v) is 16.8. The lowest BCUT2D eigenvalue weighted by molar-refractivity contribution is -0.122. The van der Waals surface area contributed by atoms with Crippen LogP contribution in [0.15, 0.2) is 65.7 Å². The van der Waals surface area contributed by atoms with E-state index in [1.807, 2.05) is 59.2 Å². The van der Waals surface area contributed by atoms with Gasteiger partial charge in [0.2, 0.25) is 5.91 Å². The van der Waals surface area contributed by atoms with Gasteiger partial charge >= 0.3 is 0 Å². The molecule has 0 radical (unpaired) electrons. The summed E-state index contributed by atoms with van der Waals surface area (Å²) >= 11 is 0. The summed E-state index contributed by atoms with van der Waals surface area (Å²) in [5.74, 6) is -0.0533. The quantitative estimate of drug-likeness (QED) is 0.558. The van der Waals surface area contributed by atoms with Crippen molar-refractivity contribution in [3.63, 3.8) is 0 Å². The molecule has 6 heteroatoms. The number of fused-ring (bicyclic) bond motifs is 3.